The van der Waals surface area contributed by atoms with Crippen LogP contribution in [0.4, 0.5) is 0 Å². The number of nitrogens with zero attached hydrogens (tertiary/aromatic N) is 3. The molecule has 1 heterocycles. The highest BCUT2D eigenvalue weighted by molar-refractivity contribution is 5.29. The first-order valence-electron chi connectivity index (χ1n) is 11.1. The van der Waals surface area contributed by atoms with Gasteiger partial charge in [-0.25, -0.2) is 0 Å². The third-order valence-corrected chi connectivity index (χ3v) is 5.07. The lowest BCUT2D eigenvalue weighted by atomic mass is 10.2. The summed E-state index contributed by atoms with van der Waals surface area (Å²) < 4.78 is 27.9. The molecule has 0 aliphatic heterocycles. The Balaban J connectivity index is 1.46. The summed E-state index contributed by atoms with van der Waals surface area (Å²) in [6, 6.07) is 15.5. The number of aromatic nitrogens is 3. The summed E-state index contributed by atoms with van der Waals surface area (Å²) in [6.45, 7) is 0.855. The lowest BCUT2D eigenvalue weighted by Gasteiger charge is -2.11. The van der Waals surface area contributed by atoms with Gasteiger partial charge in [0.2, 0.25) is 0 Å². The molecule has 1 aromatic heterocycles. The Morgan fingerprint density at radius 3 is 1.60 bits per heavy atom. The zero-order valence-corrected chi connectivity index (χ0v) is 19.7. The van der Waals surface area contributed by atoms with Crippen molar-refractivity contribution in [2.24, 2.45) is 0 Å². The second kappa shape index (κ2) is 12.2. The molecule has 4 rings (SSSR count). The summed E-state index contributed by atoms with van der Waals surface area (Å²) in [5.74, 6) is 1.55. The standard InChI is InChI=1S/C27H27N3O5/c1-31-23-13-9-21(10-14-23)18-34-26-28-25(33-17-20-7-5-3-4-6-8-20)29-27(30-26)35-19-22-11-15-24(32-2)16-12-22/h3-5,7-16H,6,17-19H2,1-2H3. The second-order valence-electron chi connectivity index (χ2n) is 7.55. The SMILES string of the molecule is COc1ccc(COc2nc(OCC3=CCC=CC=C3)nc(OCc3ccc(OC)cc3)n2)cc1. The fourth-order valence-electron chi connectivity index (χ4n) is 3.13. The van der Waals surface area contributed by atoms with Crippen molar-refractivity contribution < 1.29 is 23.7 Å². The molecule has 0 bridgehead atoms. The first-order valence-corrected chi connectivity index (χ1v) is 11.1. The van der Waals surface area contributed by atoms with E-state index in [-0.39, 0.29) is 31.2 Å². The van der Waals surface area contributed by atoms with Gasteiger partial charge in [0.1, 0.15) is 31.3 Å². The van der Waals surface area contributed by atoms with Crippen LogP contribution in [0.5, 0.6) is 29.5 Å². The molecule has 35 heavy (non-hydrogen) atoms. The van der Waals surface area contributed by atoms with Crippen LogP contribution >= 0.6 is 0 Å². The maximum absolute atomic E-state index is 5.84. The number of benzene rings is 2. The largest absolute Gasteiger partial charge is 0.497 e. The minimum absolute atomic E-state index is 0.114. The molecule has 0 fully saturated rings. The molecule has 3 aromatic rings. The number of hydrogen-bond donors (Lipinski definition) is 0. The van der Waals surface area contributed by atoms with Crippen LogP contribution in [0.1, 0.15) is 17.5 Å². The minimum atomic E-state index is 0.114. The topological polar surface area (TPSA) is 84.8 Å². The van der Waals surface area contributed by atoms with Crippen LogP contribution in [0.15, 0.2) is 84.5 Å². The highest BCUT2D eigenvalue weighted by Gasteiger charge is 2.12. The molecule has 1 aliphatic rings. The monoisotopic (exact) mass is 473 g/mol. The molecular weight excluding hydrogens is 446 g/mol. The predicted molar refractivity (Wildman–Crippen MR) is 131 cm³/mol. The number of hydrogen-bond acceptors (Lipinski definition) is 8. The molecule has 0 spiro atoms. The lowest BCUT2D eigenvalue weighted by Crippen LogP contribution is -2.09. The van der Waals surface area contributed by atoms with E-state index in [0.29, 0.717) is 6.61 Å². The van der Waals surface area contributed by atoms with Crippen molar-refractivity contribution in [3.63, 3.8) is 0 Å². The summed E-state index contributed by atoms with van der Waals surface area (Å²) in [4.78, 5) is 12.9. The van der Waals surface area contributed by atoms with Gasteiger partial charge in [-0.05, 0) is 47.4 Å². The van der Waals surface area contributed by atoms with Crippen LogP contribution in [-0.2, 0) is 13.2 Å². The Morgan fingerprint density at radius 2 is 1.11 bits per heavy atom. The fraction of sp³-hybridized carbons (Fsp3) is 0.222. The number of ether oxygens (including phenoxy) is 5. The third kappa shape index (κ3) is 7.33. The molecule has 8 nitrogen and oxygen atoms in total. The predicted octanol–water partition coefficient (Wildman–Crippen LogP) is 4.87. The van der Waals surface area contributed by atoms with E-state index in [1.165, 1.54) is 0 Å². The second-order valence-corrected chi connectivity index (χ2v) is 7.55. The highest BCUT2D eigenvalue weighted by Crippen LogP contribution is 2.20. The molecule has 0 saturated carbocycles. The van der Waals surface area contributed by atoms with Crippen molar-refractivity contribution in [1.82, 2.24) is 15.0 Å². The van der Waals surface area contributed by atoms with E-state index in [4.69, 9.17) is 23.7 Å². The quantitative estimate of drug-likeness (QED) is 0.390. The van der Waals surface area contributed by atoms with Crippen LogP contribution in [0, 0.1) is 0 Å². The molecule has 1 aliphatic carbocycles. The van der Waals surface area contributed by atoms with Gasteiger partial charge in [-0.15, -0.1) is 15.0 Å². The van der Waals surface area contributed by atoms with Crippen molar-refractivity contribution in [1.29, 1.82) is 0 Å². The molecule has 0 N–H and O–H groups in total. The fourth-order valence-corrected chi connectivity index (χ4v) is 3.13. The Kier molecular flexibility index (Phi) is 8.32. The first-order chi connectivity index (χ1) is 17.2. The van der Waals surface area contributed by atoms with E-state index in [0.717, 1.165) is 34.6 Å². The van der Waals surface area contributed by atoms with Crippen LogP contribution in [0.2, 0.25) is 0 Å². The van der Waals surface area contributed by atoms with Crippen LogP contribution in [0.3, 0.4) is 0 Å². The molecule has 8 heteroatoms. The smallest absolute Gasteiger partial charge is 0.326 e. The zero-order chi connectivity index (χ0) is 24.3. The average molecular weight is 474 g/mol. The number of allylic oxidation sites excluding steroid dienone is 4. The lowest BCUT2D eigenvalue weighted by molar-refractivity contribution is 0.232. The molecule has 2 aromatic carbocycles. The van der Waals surface area contributed by atoms with E-state index in [1.807, 2.05) is 66.8 Å². The molecule has 0 radical (unpaired) electrons. The van der Waals surface area contributed by atoms with Gasteiger partial charge in [-0.2, -0.15) is 0 Å². The van der Waals surface area contributed by atoms with Gasteiger partial charge in [0.15, 0.2) is 0 Å². The van der Waals surface area contributed by atoms with Crippen molar-refractivity contribution >= 4 is 0 Å². The van der Waals surface area contributed by atoms with E-state index in [1.54, 1.807) is 14.2 Å². The van der Waals surface area contributed by atoms with Crippen molar-refractivity contribution in [3.05, 3.63) is 95.6 Å². The van der Waals surface area contributed by atoms with Crippen molar-refractivity contribution in [3.8, 4) is 29.5 Å². The minimum Gasteiger partial charge on any atom is -0.497 e. The van der Waals surface area contributed by atoms with E-state index >= 15 is 0 Å². The van der Waals surface area contributed by atoms with Crippen LogP contribution < -0.4 is 23.7 Å². The summed E-state index contributed by atoms with van der Waals surface area (Å²) >= 11 is 0. The Hall–Kier alpha value is -4.33. The van der Waals surface area contributed by atoms with Crippen LogP contribution in [-0.4, -0.2) is 35.8 Å². The molecular formula is C27H27N3O5. The maximum Gasteiger partial charge on any atom is 0.326 e. The Bertz CT molecular complexity index is 1120. The van der Waals surface area contributed by atoms with E-state index in [2.05, 4.69) is 27.1 Å². The van der Waals surface area contributed by atoms with Gasteiger partial charge < -0.3 is 23.7 Å². The van der Waals surface area contributed by atoms with Gasteiger partial charge >= 0.3 is 18.0 Å². The average Bonchev–Trinajstić information content (AvgIpc) is 3.19. The number of rotatable bonds is 11. The summed E-state index contributed by atoms with van der Waals surface area (Å²) in [6.07, 6.45) is 11.0. The van der Waals surface area contributed by atoms with Crippen LogP contribution in [0.25, 0.3) is 0 Å². The number of methoxy groups -OCH3 is 2. The Morgan fingerprint density at radius 1 is 0.629 bits per heavy atom. The molecule has 0 unspecified atom stereocenters. The van der Waals surface area contributed by atoms with Gasteiger partial charge in [-0.1, -0.05) is 54.6 Å². The molecule has 0 amide bonds. The zero-order valence-electron chi connectivity index (χ0n) is 19.7. The first kappa shape index (κ1) is 23.8. The molecule has 0 atom stereocenters. The van der Waals surface area contributed by atoms with E-state index in [9.17, 15) is 0 Å². The van der Waals surface area contributed by atoms with E-state index < -0.39 is 0 Å². The van der Waals surface area contributed by atoms with Gasteiger partial charge in [-0.3, -0.25) is 0 Å². The summed E-state index contributed by atoms with van der Waals surface area (Å²) in [5.41, 5.74) is 2.91. The van der Waals surface area contributed by atoms with Crippen molar-refractivity contribution in [2.45, 2.75) is 19.6 Å². The molecule has 0 saturated heterocycles. The Labute approximate surface area is 204 Å². The molecule has 180 valence electrons. The maximum atomic E-state index is 5.84. The van der Waals surface area contributed by atoms with Gasteiger partial charge in [0, 0.05) is 0 Å². The van der Waals surface area contributed by atoms with Gasteiger partial charge in [0.25, 0.3) is 0 Å². The normalized spacial score (nSPS) is 12.5. The van der Waals surface area contributed by atoms with Gasteiger partial charge in [0.05, 0.1) is 14.2 Å². The van der Waals surface area contributed by atoms with Crippen molar-refractivity contribution in [2.75, 3.05) is 20.8 Å². The highest BCUT2D eigenvalue weighted by atomic mass is 16.5. The summed E-state index contributed by atoms with van der Waals surface area (Å²) in [7, 11) is 3.26. The summed E-state index contributed by atoms with van der Waals surface area (Å²) in [5, 5.41) is 0. The third-order valence-electron chi connectivity index (χ3n) is 5.07.